The van der Waals surface area contributed by atoms with E-state index in [-0.39, 0.29) is 18.2 Å². The van der Waals surface area contributed by atoms with E-state index in [4.69, 9.17) is 4.74 Å². The van der Waals surface area contributed by atoms with Gasteiger partial charge in [0.05, 0.1) is 7.11 Å². The molecule has 14 heavy (non-hydrogen) atoms. The normalized spacial score (nSPS) is 14.1. The molecule has 0 amide bonds. The summed E-state index contributed by atoms with van der Waals surface area (Å²) in [5.74, 6) is 0.454. The van der Waals surface area contributed by atoms with Crippen molar-refractivity contribution in [2.45, 2.75) is 13.0 Å². The van der Waals surface area contributed by atoms with Gasteiger partial charge in [0.2, 0.25) is 0 Å². The molecule has 2 nitrogen and oxygen atoms in total. The molecular formula is C10H13ClFNO. The number of rotatable bonds is 1. The van der Waals surface area contributed by atoms with E-state index in [2.05, 4.69) is 5.32 Å². The van der Waals surface area contributed by atoms with Gasteiger partial charge in [0.15, 0.2) is 0 Å². The molecule has 0 radical (unpaired) electrons. The lowest BCUT2D eigenvalue weighted by atomic mass is 10.00. The first-order valence-corrected chi connectivity index (χ1v) is 4.37. The molecule has 0 spiro atoms. The number of hydrogen-bond donors (Lipinski definition) is 1. The fraction of sp³-hybridized carbons (Fsp3) is 0.400. The Hall–Kier alpha value is -0.800. The number of methoxy groups -OCH3 is 1. The second-order valence-corrected chi connectivity index (χ2v) is 3.17. The van der Waals surface area contributed by atoms with Gasteiger partial charge in [-0.15, -0.1) is 12.4 Å². The summed E-state index contributed by atoms with van der Waals surface area (Å²) in [6.45, 7) is 1.68. The molecule has 0 fully saturated rings. The van der Waals surface area contributed by atoms with Crippen LogP contribution in [-0.4, -0.2) is 13.7 Å². The van der Waals surface area contributed by atoms with Crippen LogP contribution in [0.2, 0.25) is 0 Å². The molecule has 0 aromatic heterocycles. The zero-order chi connectivity index (χ0) is 9.26. The molecule has 4 heteroatoms. The van der Waals surface area contributed by atoms with Gasteiger partial charge >= 0.3 is 0 Å². The van der Waals surface area contributed by atoms with Gasteiger partial charge in [0.1, 0.15) is 11.6 Å². The van der Waals surface area contributed by atoms with E-state index in [1.807, 2.05) is 0 Å². The molecule has 1 aromatic rings. The first-order chi connectivity index (χ1) is 6.31. The van der Waals surface area contributed by atoms with Crippen LogP contribution in [0.3, 0.4) is 0 Å². The largest absolute Gasteiger partial charge is 0.496 e. The quantitative estimate of drug-likeness (QED) is 0.776. The third-order valence-corrected chi connectivity index (χ3v) is 2.35. The van der Waals surface area contributed by atoms with Crippen LogP contribution < -0.4 is 10.1 Å². The molecule has 0 atom stereocenters. The maximum absolute atomic E-state index is 13.0. The average molecular weight is 218 g/mol. The van der Waals surface area contributed by atoms with E-state index in [0.717, 1.165) is 30.6 Å². The van der Waals surface area contributed by atoms with E-state index < -0.39 is 0 Å². The van der Waals surface area contributed by atoms with Gasteiger partial charge in [-0.3, -0.25) is 0 Å². The van der Waals surface area contributed by atoms with Gasteiger partial charge in [-0.2, -0.15) is 0 Å². The first-order valence-electron chi connectivity index (χ1n) is 4.37. The Kier molecular flexibility index (Phi) is 3.72. The highest BCUT2D eigenvalue weighted by molar-refractivity contribution is 5.85. The third kappa shape index (κ3) is 1.99. The van der Waals surface area contributed by atoms with Crippen LogP contribution in [0, 0.1) is 5.82 Å². The molecule has 1 aliphatic heterocycles. The molecule has 1 N–H and O–H groups in total. The van der Waals surface area contributed by atoms with Crippen LogP contribution in [0.5, 0.6) is 5.75 Å². The minimum absolute atomic E-state index is 0. The molecule has 1 aromatic carbocycles. The summed E-state index contributed by atoms with van der Waals surface area (Å²) in [5.41, 5.74) is 2.16. The van der Waals surface area contributed by atoms with Crippen molar-refractivity contribution in [1.29, 1.82) is 0 Å². The standard InChI is InChI=1S/C10H12FNO.ClH/c1-13-10-5-8(11)4-7-6-12-3-2-9(7)10;/h4-5,12H,2-3,6H2,1H3;1H. The minimum atomic E-state index is -0.223. The molecule has 0 bridgehead atoms. The highest BCUT2D eigenvalue weighted by Gasteiger charge is 2.14. The second kappa shape index (κ2) is 4.62. The van der Waals surface area contributed by atoms with E-state index in [0.29, 0.717) is 5.75 Å². The number of halogens is 2. The molecule has 1 heterocycles. The third-order valence-electron chi connectivity index (χ3n) is 2.35. The van der Waals surface area contributed by atoms with Gasteiger partial charge < -0.3 is 10.1 Å². The lowest BCUT2D eigenvalue weighted by molar-refractivity contribution is 0.402. The van der Waals surface area contributed by atoms with Crippen molar-refractivity contribution in [3.8, 4) is 5.75 Å². The Morgan fingerprint density at radius 3 is 2.93 bits per heavy atom. The highest BCUT2D eigenvalue weighted by atomic mass is 35.5. The zero-order valence-corrected chi connectivity index (χ0v) is 8.79. The summed E-state index contributed by atoms with van der Waals surface area (Å²) in [4.78, 5) is 0. The summed E-state index contributed by atoms with van der Waals surface area (Å²) < 4.78 is 18.2. The van der Waals surface area contributed by atoms with Gasteiger partial charge in [0, 0.05) is 18.2 Å². The number of fused-ring (bicyclic) bond motifs is 1. The van der Waals surface area contributed by atoms with E-state index >= 15 is 0 Å². The molecule has 0 saturated heterocycles. The Morgan fingerprint density at radius 2 is 2.21 bits per heavy atom. The van der Waals surface area contributed by atoms with Crippen LogP contribution in [0.15, 0.2) is 12.1 Å². The Bertz CT molecular complexity index is 313. The van der Waals surface area contributed by atoms with E-state index in [9.17, 15) is 4.39 Å². The van der Waals surface area contributed by atoms with Crippen LogP contribution in [0.4, 0.5) is 4.39 Å². The Morgan fingerprint density at radius 1 is 1.43 bits per heavy atom. The minimum Gasteiger partial charge on any atom is -0.496 e. The van der Waals surface area contributed by atoms with Crippen molar-refractivity contribution >= 4 is 12.4 Å². The molecule has 0 aliphatic carbocycles. The Labute approximate surface area is 88.9 Å². The molecule has 78 valence electrons. The summed E-state index contributed by atoms with van der Waals surface area (Å²) in [6.07, 6.45) is 0.915. The van der Waals surface area contributed by atoms with Gasteiger partial charge in [-0.25, -0.2) is 4.39 Å². The summed E-state index contributed by atoms with van der Waals surface area (Å²) in [7, 11) is 1.58. The van der Waals surface area contributed by atoms with Crippen molar-refractivity contribution in [1.82, 2.24) is 5.32 Å². The topological polar surface area (TPSA) is 21.3 Å². The molecule has 2 rings (SSSR count). The predicted octanol–water partition coefficient (Wildman–Crippen LogP) is 1.90. The first kappa shape index (κ1) is 11.3. The van der Waals surface area contributed by atoms with Gasteiger partial charge in [-0.1, -0.05) is 0 Å². The van der Waals surface area contributed by atoms with Crippen LogP contribution in [0.25, 0.3) is 0 Å². The van der Waals surface area contributed by atoms with Crippen LogP contribution >= 0.6 is 12.4 Å². The molecular weight excluding hydrogens is 205 g/mol. The number of benzene rings is 1. The molecule has 0 saturated carbocycles. The monoisotopic (exact) mass is 217 g/mol. The predicted molar refractivity (Wildman–Crippen MR) is 55.6 cm³/mol. The second-order valence-electron chi connectivity index (χ2n) is 3.17. The zero-order valence-electron chi connectivity index (χ0n) is 7.97. The highest BCUT2D eigenvalue weighted by Crippen LogP contribution is 2.26. The van der Waals surface area contributed by atoms with Gasteiger partial charge in [0.25, 0.3) is 0 Å². The van der Waals surface area contributed by atoms with Crippen molar-refractivity contribution in [2.24, 2.45) is 0 Å². The van der Waals surface area contributed by atoms with Crippen molar-refractivity contribution < 1.29 is 9.13 Å². The van der Waals surface area contributed by atoms with E-state index in [1.165, 1.54) is 6.07 Å². The van der Waals surface area contributed by atoms with Crippen molar-refractivity contribution in [3.63, 3.8) is 0 Å². The van der Waals surface area contributed by atoms with Crippen LogP contribution in [-0.2, 0) is 13.0 Å². The number of ether oxygens (including phenoxy) is 1. The SMILES string of the molecule is COc1cc(F)cc2c1CCNC2.Cl. The summed E-state index contributed by atoms with van der Waals surface area (Å²) >= 11 is 0. The molecule has 0 unspecified atom stereocenters. The van der Waals surface area contributed by atoms with Crippen molar-refractivity contribution in [2.75, 3.05) is 13.7 Å². The maximum atomic E-state index is 13.0. The summed E-state index contributed by atoms with van der Waals surface area (Å²) in [6, 6.07) is 3.02. The fourth-order valence-corrected chi connectivity index (χ4v) is 1.73. The van der Waals surface area contributed by atoms with E-state index in [1.54, 1.807) is 13.2 Å². The molecule has 1 aliphatic rings. The maximum Gasteiger partial charge on any atom is 0.127 e. The number of nitrogens with one attached hydrogen (secondary N) is 1. The van der Waals surface area contributed by atoms with Crippen molar-refractivity contribution in [3.05, 3.63) is 29.1 Å². The summed E-state index contributed by atoms with van der Waals surface area (Å²) in [5, 5.41) is 3.20. The lowest BCUT2D eigenvalue weighted by Gasteiger charge is -2.19. The Balaban J connectivity index is 0.000000980. The lowest BCUT2D eigenvalue weighted by Crippen LogP contribution is -2.24. The van der Waals surface area contributed by atoms with Gasteiger partial charge in [-0.05, 0) is 24.6 Å². The average Bonchev–Trinajstić information content (AvgIpc) is 2.16. The smallest absolute Gasteiger partial charge is 0.127 e. The van der Waals surface area contributed by atoms with Crippen LogP contribution in [0.1, 0.15) is 11.1 Å². The number of hydrogen-bond acceptors (Lipinski definition) is 2. The fourth-order valence-electron chi connectivity index (χ4n) is 1.73.